The van der Waals surface area contributed by atoms with E-state index in [1.54, 1.807) is 18.3 Å². The van der Waals surface area contributed by atoms with Gasteiger partial charge < -0.3 is 20.1 Å². The molecular weight excluding hydrogens is 358 g/mol. The first kappa shape index (κ1) is 19.8. The van der Waals surface area contributed by atoms with Crippen LogP contribution < -0.4 is 15.4 Å². The summed E-state index contributed by atoms with van der Waals surface area (Å²) in [6.07, 6.45) is 2.85. The summed E-state index contributed by atoms with van der Waals surface area (Å²) in [5.41, 5.74) is 1.84. The zero-order valence-electron chi connectivity index (χ0n) is 16.3. The number of amides is 1. The lowest BCUT2D eigenvalue weighted by Gasteiger charge is -2.25. The Balaban J connectivity index is 1.68. The number of hydrogen-bond donors (Lipinski definition) is 2. The van der Waals surface area contributed by atoms with Crippen LogP contribution in [0.15, 0.2) is 42.7 Å². The molecule has 1 atom stereocenters. The summed E-state index contributed by atoms with van der Waals surface area (Å²) < 4.78 is 11.6. The molecule has 0 aliphatic carbocycles. The first-order valence-corrected chi connectivity index (χ1v) is 9.22. The summed E-state index contributed by atoms with van der Waals surface area (Å²) in [6, 6.07) is 8.83. The highest BCUT2D eigenvalue weighted by atomic mass is 16.6. The summed E-state index contributed by atoms with van der Waals surface area (Å²) in [6.45, 7) is 6.71. The van der Waals surface area contributed by atoms with Crippen LogP contribution in [0.2, 0.25) is 0 Å². The molecule has 1 amide bonds. The maximum absolute atomic E-state index is 12.4. The number of carbonyl (C=O) groups excluding carboxylic acids is 2. The van der Waals surface area contributed by atoms with Crippen molar-refractivity contribution in [1.29, 1.82) is 0 Å². The highest BCUT2D eigenvalue weighted by molar-refractivity contribution is 6.00. The van der Waals surface area contributed by atoms with Crippen molar-refractivity contribution in [2.45, 2.75) is 38.8 Å². The first-order chi connectivity index (χ1) is 13.3. The fourth-order valence-corrected chi connectivity index (χ4v) is 2.80. The van der Waals surface area contributed by atoms with Crippen LogP contribution >= 0.6 is 0 Å². The number of nitrogens with one attached hydrogen (secondary N) is 2. The molecule has 1 aliphatic heterocycles. The fourth-order valence-electron chi connectivity index (χ4n) is 2.80. The molecule has 0 fully saturated rings. The van der Waals surface area contributed by atoms with E-state index in [0.717, 1.165) is 11.3 Å². The molecule has 0 saturated heterocycles. The molecule has 148 valence electrons. The molecule has 2 N–H and O–H groups in total. The monoisotopic (exact) mass is 383 g/mol. The highest BCUT2D eigenvalue weighted by Crippen LogP contribution is 2.31. The van der Waals surface area contributed by atoms with Gasteiger partial charge in [0.25, 0.3) is 0 Å². The smallest absolute Gasteiger partial charge is 0.340 e. The molecule has 1 aliphatic rings. The standard InChI is InChI=1S/C21H25N3O4/c1-21(2,3)23-12-15(28-20(26)14-6-5-9-22-11-14)13-27-18-8-4-7-17-16(18)10-19(25)24-17/h4-9,11,15,23H,10,12-13H2,1-3H3,(H,24,25). The number of pyridine rings is 1. The second-order valence-corrected chi connectivity index (χ2v) is 7.72. The van der Waals surface area contributed by atoms with E-state index in [4.69, 9.17) is 9.47 Å². The van der Waals surface area contributed by atoms with Gasteiger partial charge in [-0.1, -0.05) is 6.07 Å². The summed E-state index contributed by atoms with van der Waals surface area (Å²) in [5, 5.41) is 6.14. The average molecular weight is 383 g/mol. The third-order valence-corrected chi connectivity index (χ3v) is 4.20. The van der Waals surface area contributed by atoms with Crippen molar-refractivity contribution in [3.8, 4) is 5.75 Å². The number of esters is 1. The number of nitrogens with zero attached hydrogens (tertiary/aromatic N) is 1. The maximum Gasteiger partial charge on any atom is 0.340 e. The zero-order chi connectivity index (χ0) is 20.1. The second-order valence-electron chi connectivity index (χ2n) is 7.72. The lowest BCUT2D eigenvalue weighted by Crippen LogP contribution is -2.44. The zero-order valence-corrected chi connectivity index (χ0v) is 16.3. The average Bonchev–Trinajstić information content (AvgIpc) is 3.04. The van der Waals surface area contributed by atoms with Crippen LogP contribution in [0.25, 0.3) is 0 Å². The second kappa shape index (κ2) is 8.39. The van der Waals surface area contributed by atoms with E-state index in [0.29, 0.717) is 17.9 Å². The Kier molecular flexibility index (Phi) is 5.94. The van der Waals surface area contributed by atoms with Gasteiger partial charge in [-0.15, -0.1) is 0 Å². The third kappa shape index (κ3) is 5.29. The Morgan fingerprint density at radius 1 is 1.29 bits per heavy atom. The molecule has 1 unspecified atom stereocenters. The minimum atomic E-state index is -0.507. The molecule has 2 aromatic rings. The van der Waals surface area contributed by atoms with Crippen molar-refractivity contribution in [3.63, 3.8) is 0 Å². The molecular formula is C21H25N3O4. The number of ether oxygens (including phenoxy) is 2. The highest BCUT2D eigenvalue weighted by Gasteiger charge is 2.24. The minimum Gasteiger partial charge on any atom is -0.489 e. The van der Waals surface area contributed by atoms with Gasteiger partial charge >= 0.3 is 5.97 Å². The van der Waals surface area contributed by atoms with Crippen molar-refractivity contribution < 1.29 is 19.1 Å². The summed E-state index contributed by atoms with van der Waals surface area (Å²) in [5.74, 6) is 0.113. The van der Waals surface area contributed by atoms with Crippen LogP contribution in [0, 0.1) is 0 Å². The lowest BCUT2D eigenvalue weighted by molar-refractivity contribution is -0.115. The lowest BCUT2D eigenvalue weighted by atomic mass is 10.1. The van der Waals surface area contributed by atoms with Crippen molar-refractivity contribution in [2.75, 3.05) is 18.5 Å². The van der Waals surface area contributed by atoms with Gasteiger partial charge in [0.15, 0.2) is 0 Å². The molecule has 3 rings (SSSR count). The molecule has 28 heavy (non-hydrogen) atoms. The molecule has 2 heterocycles. The van der Waals surface area contributed by atoms with E-state index in [2.05, 4.69) is 15.6 Å². The summed E-state index contributed by atoms with van der Waals surface area (Å²) >= 11 is 0. The van der Waals surface area contributed by atoms with E-state index in [-0.39, 0.29) is 24.5 Å². The van der Waals surface area contributed by atoms with Crippen LogP contribution in [-0.4, -0.2) is 41.7 Å². The number of benzene rings is 1. The third-order valence-electron chi connectivity index (χ3n) is 4.20. The van der Waals surface area contributed by atoms with Gasteiger partial charge in [-0.2, -0.15) is 0 Å². The van der Waals surface area contributed by atoms with Gasteiger partial charge in [0, 0.05) is 35.7 Å². The summed E-state index contributed by atoms with van der Waals surface area (Å²) in [7, 11) is 0. The number of carbonyl (C=O) groups is 2. The van der Waals surface area contributed by atoms with Crippen LogP contribution in [0.4, 0.5) is 5.69 Å². The van der Waals surface area contributed by atoms with Crippen LogP contribution in [-0.2, 0) is 16.0 Å². The van der Waals surface area contributed by atoms with Crippen LogP contribution in [0.1, 0.15) is 36.7 Å². The molecule has 7 heteroatoms. The molecule has 1 aromatic carbocycles. The number of rotatable bonds is 7. The van der Waals surface area contributed by atoms with E-state index in [1.807, 2.05) is 39.0 Å². The van der Waals surface area contributed by atoms with Crippen molar-refractivity contribution in [3.05, 3.63) is 53.9 Å². The van der Waals surface area contributed by atoms with E-state index in [9.17, 15) is 9.59 Å². The molecule has 7 nitrogen and oxygen atoms in total. The predicted octanol–water partition coefficient (Wildman–Crippen LogP) is 2.57. The molecule has 0 bridgehead atoms. The van der Waals surface area contributed by atoms with Crippen LogP contribution in [0.5, 0.6) is 5.75 Å². The van der Waals surface area contributed by atoms with Crippen molar-refractivity contribution in [1.82, 2.24) is 10.3 Å². The van der Waals surface area contributed by atoms with Gasteiger partial charge in [-0.25, -0.2) is 4.79 Å². The SMILES string of the molecule is CC(C)(C)NCC(COc1cccc2c1CC(=O)N2)OC(=O)c1cccnc1. The molecule has 0 radical (unpaired) electrons. The Hall–Kier alpha value is -2.93. The Morgan fingerprint density at radius 2 is 2.11 bits per heavy atom. The predicted molar refractivity (Wildman–Crippen MR) is 105 cm³/mol. The quantitative estimate of drug-likeness (QED) is 0.715. The molecule has 0 saturated carbocycles. The van der Waals surface area contributed by atoms with Gasteiger partial charge in [-0.3, -0.25) is 9.78 Å². The number of hydrogen-bond acceptors (Lipinski definition) is 6. The normalized spacial score (nSPS) is 14.2. The van der Waals surface area contributed by atoms with Gasteiger partial charge in [-0.05, 0) is 45.0 Å². The molecule has 1 aromatic heterocycles. The largest absolute Gasteiger partial charge is 0.489 e. The summed E-state index contributed by atoms with van der Waals surface area (Å²) in [4.78, 5) is 28.0. The first-order valence-electron chi connectivity index (χ1n) is 9.22. The Bertz CT molecular complexity index is 846. The fraction of sp³-hybridized carbons (Fsp3) is 0.381. The topological polar surface area (TPSA) is 89.5 Å². The molecule has 0 spiro atoms. The van der Waals surface area contributed by atoms with Gasteiger partial charge in [0.1, 0.15) is 18.5 Å². The minimum absolute atomic E-state index is 0.0556. The number of aromatic nitrogens is 1. The van der Waals surface area contributed by atoms with Crippen molar-refractivity contribution >= 4 is 17.6 Å². The number of anilines is 1. The Morgan fingerprint density at radius 3 is 2.82 bits per heavy atom. The van der Waals surface area contributed by atoms with Gasteiger partial charge in [0.05, 0.1) is 12.0 Å². The van der Waals surface area contributed by atoms with Gasteiger partial charge in [0.2, 0.25) is 5.91 Å². The van der Waals surface area contributed by atoms with Crippen molar-refractivity contribution in [2.24, 2.45) is 0 Å². The maximum atomic E-state index is 12.4. The Labute approximate surface area is 164 Å². The van der Waals surface area contributed by atoms with E-state index >= 15 is 0 Å². The van der Waals surface area contributed by atoms with E-state index in [1.165, 1.54) is 6.20 Å². The van der Waals surface area contributed by atoms with Crippen LogP contribution in [0.3, 0.4) is 0 Å². The van der Waals surface area contributed by atoms with E-state index < -0.39 is 12.1 Å². The number of fused-ring (bicyclic) bond motifs is 1.